The topological polar surface area (TPSA) is 29.3 Å². The van der Waals surface area contributed by atoms with E-state index in [0.717, 1.165) is 18.7 Å². The van der Waals surface area contributed by atoms with E-state index in [4.69, 9.17) is 5.73 Å². The van der Waals surface area contributed by atoms with E-state index in [1.807, 2.05) is 13.1 Å². The van der Waals surface area contributed by atoms with Gasteiger partial charge in [-0.3, -0.25) is 0 Å². The van der Waals surface area contributed by atoms with Crippen LogP contribution in [0.3, 0.4) is 0 Å². The first kappa shape index (κ1) is 9.62. The van der Waals surface area contributed by atoms with Gasteiger partial charge in [0.25, 0.3) is 0 Å². The van der Waals surface area contributed by atoms with Crippen LogP contribution in [0.4, 0.5) is 4.39 Å². The van der Waals surface area contributed by atoms with Crippen LogP contribution < -0.4 is 5.73 Å². The van der Waals surface area contributed by atoms with E-state index in [9.17, 15) is 4.39 Å². The Labute approximate surface area is 83.5 Å². The van der Waals surface area contributed by atoms with E-state index in [0.29, 0.717) is 0 Å². The van der Waals surface area contributed by atoms with Crippen LogP contribution >= 0.6 is 0 Å². The van der Waals surface area contributed by atoms with Crippen molar-refractivity contribution in [3.05, 3.63) is 35.6 Å². The fourth-order valence-electron chi connectivity index (χ4n) is 2.12. The Hall–Kier alpha value is -0.930. The zero-order valence-corrected chi connectivity index (χ0v) is 8.28. The SMILES string of the molecule is CN1CC(N)C(c2cccc(F)c2)C1. The van der Waals surface area contributed by atoms with Gasteiger partial charge in [0.15, 0.2) is 0 Å². The molecule has 0 spiro atoms. The van der Waals surface area contributed by atoms with Crippen LogP contribution in [0, 0.1) is 5.82 Å². The summed E-state index contributed by atoms with van der Waals surface area (Å²) in [6.07, 6.45) is 0. The van der Waals surface area contributed by atoms with Gasteiger partial charge in [0, 0.05) is 25.0 Å². The summed E-state index contributed by atoms with van der Waals surface area (Å²) in [6, 6.07) is 6.88. The van der Waals surface area contributed by atoms with Gasteiger partial charge in [-0.25, -0.2) is 4.39 Å². The van der Waals surface area contributed by atoms with Crippen molar-refractivity contribution < 1.29 is 4.39 Å². The number of nitrogens with two attached hydrogens (primary N) is 1. The normalized spacial score (nSPS) is 28.2. The molecule has 2 N–H and O–H groups in total. The molecule has 1 aliphatic rings. The van der Waals surface area contributed by atoms with Gasteiger partial charge in [0.2, 0.25) is 0 Å². The van der Waals surface area contributed by atoms with E-state index in [1.54, 1.807) is 12.1 Å². The molecule has 1 aromatic carbocycles. The van der Waals surface area contributed by atoms with E-state index < -0.39 is 0 Å². The third kappa shape index (κ3) is 1.79. The third-order valence-corrected chi connectivity index (χ3v) is 2.82. The van der Waals surface area contributed by atoms with Crippen molar-refractivity contribution in [1.29, 1.82) is 0 Å². The standard InChI is InChI=1S/C11H15FN2/c1-14-6-10(11(13)7-14)8-3-2-4-9(12)5-8/h2-5,10-11H,6-7,13H2,1H3. The lowest BCUT2D eigenvalue weighted by Crippen LogP contribution is -2.27. The number of benzene rings is 1. The molecule has 0 aliphatic carbocycles. The van der Waals surface area contributed by atoms with Crippen LogP contribution in [0.2, 0.25) is 0 Å². The zero-order chi connectivity index (χ0) is 10.1. The van der Waals surface area contributed by atoms with Gasteiger partial charge in [-0.05, 0) is 24.7 Å². The number of hydrogen-bond donors (Lipinski definition) is 1. The summed E-state index contributed by atoms with van der Waals surface area (Å²) in [4.78, 5) is 2.18. The van der Waals surface area contributed by atoms with Crippen molar-refractivity contribution >= 4 is 0 Å². The van der Waals surface area contributed by atoms with Gasteiger partial charge in [-0.1, -0.05) is 12.1 Å². The number of likely N-dealkylation sites (tertiary alicyclic amines) is 1. The molecule has 1 heterocycles. The van der Waals surface area contributed by atoms with Crippen molar-refractivity contribution in [3.63, 3.8) is 0 Å². The molecule has 1 aliphatic heterocycles. The molecule has 1 fully saturated rings. The Morgan fingerprint density at radius 1 is 1.43 bits per heavy atom. The second kappa shape index (κ2) is 3.67. The summed E-state index contributed by atoms with van der Waals surface area (Å²) in [5.41, 5.74) is 7.00. The van der Waals surface area contributed by atoms with Crippen LogP contribution in [0.15, 0.2) is 24.3 Å². The van der Waals surface area contributed by atoms with Crippen molar-refractivity contribution in [3.8, 4) is 0 Å². The molecule has 2 unspecified atom stereocenters. The smallest absolute Gasteiger partial charge is 0.123 e. The maximum Gasteiger partial charge on any atom is 0.123 e. The van der Waals surface area contributed by atoms with E-state index >= 15 is 0 Å². The first-order chi connectivity index (χ1) is 6.66. The molecule has 14 heavy (non-hydrogen) atoms. The molecule has 0 amide bonds. The highest BCUT2D eigenvalue weighted by molar-refractivity contribution is 5.24. The zero-order valence-electron chi connectivity index (χ0n) is 8.28. The highest BCUT2D eigenvalue weighted by atomic mass is 19.1. The molecule has 2 rings (SSSR count). The lowest BCUT2D eigenvalue weighted by Gasteiger charge is -2.14. The summed E-state index contributed by atoms with van der Waals surface area (Å²) >= 11 is 0. The number of nitrogens with zero attached hydrogens (tertiary/aromatic N) is 1. The van der Waals surface area contributed by atoms with Gasteiger partial charge < -0.3 is 10.6 Å². The first-order valence-electron chi connectivity index (χ1n) is 4.86. The predicted octanol–water partition coefficient (Wildman–Crippen LogP) is 1.18. The first-order valence-corrected chi connectivity index (χ1v) is 4.86. The molecule has 0 aromatic heterocycles. The van der Waals surface area contributed by atoms with Crippen LogP contribution in [0.5, 0.6) is 0 Å². The van der Waals surface area contributed by atoms with Crippen LogP contribution in [-0.2, 0) is 0 Å². The minimum Gasteiger partial charge on any atom is -0.326 e. The summed E-state index contributed by atoms with van der Waals surface area (Å²) in [7, 11) is 2.04. The molecule has 0 saturated carbocycles. The summed E-state index contributed by atoms with van der Waals surface area (Å²) in [5, 5.41) is 0. The molecule has 1 aromatic rings. The van der Waals surface area contributed by atoms with Gasteiger partial charge in [-0.2, -0.15) is 0 Å². The minimum atomic E-state index is -0.177. The molecular weight excluding hydrogens is 179 g/mol. The third-order valence-electron chi connectivity index (χ3n) is 2.82. The maximum atomic E-state index is 13.0. The van der Waals surface area contributed by atoms with Crippen molar-refractivity contribution in [1.82, 2.24) is 4.90 Å². The van der Waals surface area contributed by atoms with Crippen molar-refractivity contribution in [2.45, 2.75) is 12.0 Å². The van der Waals surface area contributed by atoms with Gasteiger partial charge in [0.05, 0.1) is 0 Å². The number of hydrogen-bond acceptors (Lipinski definition) is 2. The Bertz CT molecular complexity index is 327. The Morgan fingerprint density at radius 2 is 2.21 bits per heavy atom. The summed E-state index contributed by atoms with van der Waals surface area (Å²) in [5.74, 6) is 0.0972. The average Bonchev–Trinajstić information content (AvgIpc) is 2.45. The Kier molecular flexibility index (Phi) is 2.52. The largest absolute Gasteiger partial charge is 0.326 e. The summed E-state index contributed by atoms with van der Waals surface area (Å²) in [6.45, 7) is 1.81. The molecule has 3 heteroatoms. The minimum absolute atomic E-state index is 0.127. The fraction of sp³-hybridized carbons (Fsp3) is 0.455. The fourth-order valence-corrected chi connectivity index (χ4v) is 2.12. The second-order valence-electron chi connectivity index (χ2n) is 4.05. The van der Waals surface area contributed by atoms with Gasteiger partial charge in [-0.15, -0.1) is 0 Å². The summed E-state index contributed by atoms with van der Waals surface area (Å²) < 4.78 is 13.0. The van der Waals surface area contributed by atoms with E-state index in [1.165, 1.54) is 6.07 Å². The van der Waals surface area contributed by atoms with Crippen LogP contribution in [0.25, 0.3) is 0 Å². The van der Waals surface area contributed by atoms with Crippen molar-refractivity contribution in [2.75, 3.05) is 20.1 Å². The molecular formula is C11H15FN2. The average molecular weight is 194 g/mol. The molecule has 2 atom stereocenters. The quantitative estimate of drug-likeness (QED) is 0.727. The van der Waals surface area contributed by atoms with Gasteiger partial charge >= 0.3 is 0 Å². The second-order valence-corrected chi connectivity index (χ2v) is 4.05. The molecule has 0 bridgehead atoms. The lowest BCUT2D eigenvalue weighted by atomic mass is 9.95. The number of halogens is 1. The van der Waals surface area contributed by atoms with Crippen LogP contribution in [0.1, 0.15) is 11.5 Å². The maximum absolute atomic E-state index is 13.0. The highest BCUT2D eigenvalue weighted by Crippen LogP contribution is 2.25. The highest BCUT2D eigenvalue weighted by Gasteiger charge is 2.28. The predicted molar refractivity (Wildman–Crippen MR) is 54.6 cm³/mol. The van der Waals surface area contributed by atoms with E-state index in [-0.39, 0.29) is 17.8 Å². The molecule has 0 radical (unpaired) electrons. The van der Waals surface area contributed by atoms with Crippen molar-refractivity contribution in [2.24, 2.45) is 5.73 Å². The van der Waals surface area contributed by atoms with E-state index in [2.05, 4.69) is 4.90 Å². The molecule has 76 valence electrons. The Balaban J connectivity index is 2.23. The molecule has 1 saturated heterocycles. The van der Waals surface area contributed by atoms with Crippen LogP contribution in [-0.4, -0.2) is 31.1 Å². The lowest BCUT2D eigenvalue weighted by molar-refractivity contribution is 0.407. The number of rotatable bonds is 1. The Morgan fingerprint density at radius 3 is 2.79 bits per heavy atom. The molecule has 2 nitrogen and oxygen atoms in total. The monoisotopic (exact) mass is 194 g/mol. The van der Waals surface area contributed by atoms with Gasteiger partial charge in [0.1, 0.15) is 5.82 Å². The number of likely N-dealkylation sites (N-methyl/N-ethyl adjacent to an activating group) is 1.